The summed E-state index contributed by atoms with van der Waals surface area (Å²) in [5.41, 5.74) is 0. The molecule has 29 heavy (non-hydrogen) atoms. The summed E-state index contributed by atoms with van der Waals surface area (Å²) in [6.45, 7) is 0. The smallest absolute Gasteiger partial charge is 0.0279 e. The van der Waals surface area contributed by atoms with Crippen LogP contribution in [0.15, 0.2) is 119 Å². The van der Waals surface area contributed by atoms with Crippen LogP contribution in [0.4, 0.5) is 0 Å². The lowest BCUT2D eigenvalue weighted by Crippen LogP contribution is -1.86. The van der Waals surface area contributed by atoms with Crippen LogP contribution in [0.3, 0.4) is 0 Å². The standard InChI is InChI=1S/C28H18S/c1-5-13-23-19(9-1)17-20-10-2-6-14-24(20)27(23)29-28-25-15-7-3-11-21(25)18-22-12-4-8-16-26(22)28/h1-18H. The van der Waals surface area contributed by atoms with Gasteiger partial charge in [0.1, 0.15) is 0 Å². The summed E-state index contributed by atoms with van der Waals surface area (Å²) < 4.78 is 0. The summed E-state index contributed by atoms with van der Waals surface area (Å²) in [5, 5.41) is 10.4. The number of hydrogen-bond donors (Lipinski definition) is 0. The first-order valence-corrected chi connectivity index (χ1v) is 10.7. The maximum absolute atomic E-state index is 2.30. The molecule has 0 N–H and O–H groups in total. The molecule has 1 heteroatoms. The predicted molar refractivity (Wildman–Crippen MR) is 127 cm³/mol. The topological polar surface area (TPSA) is 0 Å². The molecule has 0 heterocycles. The Hall–Kier alpha value is -3.29. The number of fused-ring (bicyclic) bond motifs is 4. The fourth-order valence-corrected chi connectivity index (χ4v) is 5.65. The fraction of sp³-hybridized carbons (Fsp3) is 0. The van der Waals surface area contributed by atoms with Crippen molar-refractivity contribution in [2.45, 2.75) is 9.79 Å². The molecular weight excluding hydrogens is 368 g/mol. The molecular formula is C28H18S. The molecule has 0 saturated heterocycles. The molecule has 0 atom stereocenters. The van der Waals surface area contributed by atoms with E-state index < -0.39 is 0 Å². The van der Waals surface area contributed by atoms with Crippen LogP contribution in [-0.2, 0) is 0 Å². The first kappa shape index (κ1) is 16.6. The molecule has 0 fully saturated rings. The van der Waals surface area contributed by atoms with E-state index in [4.69, 9.17) is 0 Å². The van der Waals surface area contributed by atoms with Crippen LogP contribution in [0.25, 0.3) is 43.1 Å². The van der Waals surface area contributed by atoms with Crippen molar-refractivity contribution in [3.8, 4) is 0 Å². The van der Waals surface area contributed by atoms with Crippen molar-refractivity contribution >= 4 is 54.9 Å². The number of rotatable bonds is 2. The number of benzene rings is 6. The Morgan fingerprint density at radius 1 is 0.345 bits per heavy atom. The van der Waals surface area contributed by atoms with Gasteiger partial charge in [-0.2, -0.15) is 0 Å². The zero-order valence-corrected chi connectivity index (χ0v) is 16.6. The van der Waals surface area contributed by atoms with Crippen molar-refractivity contribution in [3.05, 3.63) is 109 Å². The molecule has 0 aliphatic rings. The zero-order valence-electron chi connectivity index (χ0n) is 15.8. The van der Waals surface area contributed by atoms with Crippen LogP contribution in [0.5, 0.6) is 0 Å². The highest BCUT2D eigenvalue weighted by Gasteiger charge is 2.13. The molecule has 0 unspecified atom stereocenters. The summed E-state index contributed by atoms with van der Waals surface area (Å²) >= 11 is 1.91. The van der Waals surface area contributed by atoms with Crippen molar-refractivity contribution < 1.29 is 0 Å². The largest absolute Gasteiger partial charge is 0.0875 e. The third-order valence-electron chi connectivity index (χ3n) is 5.65. The molecule has 0 radical (unpaired) electrons. The summed E-state index contributed by atoms with van der Waals surface area (Å²) in [5.74, 6) is 0. The van der Waals surface area contributed by atoms with Gasteiger partial charge in [-0.25, -0.2) is 0 Å². The van der Waals surface area contributed by atoms with Gasteiger partial charge in [0.25, 0.3) is 0 Å². The van der Waals surface area contributed by atoms with E-state index in [2.05, 4.69) is 109 Å². The highest BCUT2D eigenvalue weighted by atomic mass is 32.2. The molecule has 0 aliphatic heterocycles. The lowest BCUT2D eigenvalue weighted by atomic mass is 10.0. The van der Waals surface area contributed by atoms with Gasteiger partial charge in [-0.3, -0.25) is 0 Å². The molecule has 136 valence electrons. The Labute approximate surface area is 173 Å². The molecule has 0 aromatic heterocycles. The second-order valence-electron chi connectivity index (χ2n) is 7.40. The summed E-state index contributed by atoms with van der Waals surface area (Å²) in [7, 11) is 0. The lowest BCUT2D eigenvalue weighted by molar-refractivity contribution is 1.57. The zero-order chi connectivity index (χ0) is 19.2. The van der Waals surface area contributed by atoms with Gasteiger partial charge in [0, 0.05) is 9.79 Å². The van der Waals surface area contributed by atoms with Crippen LogP contribution in [0.1, 0.15) is 0 Å². The Morgan fingerprint density at radius 2 is 0.621 bits per heavy atom. The Bertz CT molecular complexity index is 1300. The van der Waals surface area contributed by atoms with Crippen molar-refractivity contribution in [3.63, 3.8) is 0 Å². The van der Waals surface area contributed by atoms with E-state index in [9.17, 15) is 0 Å². The number of hydrogen-bond acceptors (Lipinski definition) is 1. The average Bonchev–Trinajstić information content (AvgIpc) is 2.78. The Balaban J connectivity index is 1.73. The Kier molecular flexibility index (Phi) is 3.82. The molecule has 0 saturated carbocycles. The molecule has 6 aromatic carbocycles. The van der Waals surface area contributed by atoms with E-state index in [1.54, 1.807) is 0 Å². The van der Waals surface area contributed by atoms with Gasteiger partial charge in [-0.15, -0.1) is 0 Å². The first-order chi connectivity index (χ1) is 14.4. The average molecular weight is 387 g/mol. The third-order valence-corrected chi connectivity index (χ3v) is 6.94. The van der Waals surface area contributed by atoms with E-state index in [1.165, 1.54) is 52.9 Å². The van der Waals surface area contributed by atoms with Crippen molar-refractivity contribution in [2.24, 2.45) is 0 Å². The molecule has 0 bridgehead atoms. The molecule has 6 rings (SSSR count). The summed E-state index contributed by atoms with van der Waals surface area (Å²) in [6, 6.07) is 39.5. The van der Waals surface area contributed by atoms with Crippen LogP contribution in [0.2, 0.25) is 0 Å². The van der Waals surface area contributed by atoms with E-state index in [-0.39, 0.29) is 0 Å². The lowest BCUT2D eigenvalue weighted by Gasteiger charge is -2.15. The minimum Gasteiger partial charge on any atom is -0.0875 e. The second kappa shape index (κ2) is 6.65. The van der Waals surface area contributed by atoms with Gasteiger partial charge in [0.05, 0.1) is 0 Å². The van der Waals surface area contributed by atoms with Gasteiger partial charge < -0.3 is 0 Å². The van der Waals surface area contributed by atoms with Gasteiger partial charge in [0.15, 0.2) is 0 Å². The van der Waals surface area contributed by atoms with Crippen molar-refractivity contribution in [1.82, 2.24) is 0 Å². The Morgan fingerprint density at radius 3 is 0.931 bits per heavy atom. The molecule has 0 aliphatic carbocycles. The third kappa shape index (κ3) is 2.70. The normalized spacial score (nSPS) is 11.6. The van der Waals surface area contributed by atoms with Gasteiger partial charge >= 0.3 is 0 Å². The van der Waals surface area contributed by atoms with Crippen molar-refractivity contribution in [2.75, 3.05) is 0 Å². The van der Waals surface area contributed by atoms with Crippen molar-refractivity contribution in [1.29, 1.82) is 0 Å². The van der Waals surface area contributed by atoms with Crippen LogP contribution < -0.4 is 0 Å². The summed E-state index contributed by atoms with van der Waals surface area (Å²) in [6.07, 6.45) is 0. The summed E-state index contributed by atoms with van der Waals surface area (Å²) in [4.78, 5) is 2.67. The predicted octanol–water partition coefficient (Wildman–Crippen LogP) is 8.45. The van der Waals surface area contributed by atoms with E-state index in [0.29, 0.717) is 0 Å². The molecule has 0 nitrogen and oxygen atoms in total. The fourth-order valence-electron chi connectivity index (χ4n) is 4.27. The van der Waals surface area contributed by atoms with Gasteiger partial charge in [0.2, 0.25) is 0 Å². The second-order valence-corrected chi connectivity index (χ2v) is 8.42. The van der Waals surface area contributed by atoms with Crippen LogP contribution in [-0.4, -0.2) is 0 Å². The van der Waals surface area contributed by atoms with E-state index in [0.717, 1.165) is 0 Å². The minimum atomic E-state index is 1.29. The highest BCUT2D eigenvalue weighted by molar-refractivity contribution is 8.00. The monoisotopic (exact) mass is 386 g/mol. The van der Waals surface area contributed by atoms with Crippen LogP contribution >= 0.6 is 11.8 Å². The van der Waals surface area contributed by atoms with E-state index >= 15 is 0 Å². The maximum atomic E-state index is 2.30. The quantitative estimate of drug-likeness (QED) is 0.269. The SMILES string of the molecule is c1ccc2c(Sc3c4ccccc4cc4ccccc34)c3ccccc3cc2c1. The molecule has 0 amide bonds. The highest BCUT2D eigenvalue weighted by Crippen LogP contribution is 2.44. The maximum Gasteiger partial charge on any atom is 0.0279 e. The van der Waals surface area contributed by atoms with E-state index in [1.807, 2.05) is 11.8 Å². The first-order valence-electron chi connectivity index (χ1n) is 9.87. The molecule has 6 aromatic rings. The minimum absolute atomic E-state index is 1.29. The van der Waals surface area contributed by atoms with Gasteiger partial charge in [-0.1, -0.05) is 109 Å². The van der Waals surface area contributed by atoms with Gasteiger partial charge in [-0.05, 0) is 55.2 Å². The molecule has 0 spiro atoms. The van der Waals surface area contributed by atoms with Crippen LogP contribution in [0, 0.1) is 0 Å².